The SMILES string of the molecule is Cc1ccc2c(C)c(C(=O)N(Cc3ccccc3F)[C@@H]3CCS(=O)(=O)C3)oc2c1. The van der Waals surface area contributed by atoms with E-state index in [4.69, 9.17) is 4.42 Å². The van der Waals surface area contributed by atoms with Crippen LogP contribution in [0.25, 0.3) is 11.0 Å². The molecule has 7 heteroatoms. The van der Waals surface area contributed by atoms with Crippen LogP contribution >= 0.6 is 0 Å². The van der Waals surface area contributed by atoms with Gasteiger partial charge in [0.25, 0.3) is 5.91 Å². The zero-order valence-electron chi connectivity index (χ0n) is 16.3. The first kappa shape index (κ1) is 19.6. The number of carbonyl (C=O) groups excluding carboxylic acids is 1. The number of fused-ring (bicyclic) bond motifs is 1. The topological polar surface area (TPSA) is 67.6 Å². The Hall–Kier alpha value is -2.67. The van der Waals surface area contributed by atoms with Gasteiger partial charge in [0.15, 0.2) is 15.6 Å². The van der Waals surface area contributed by atoms with Gasteiger partial charge in [-0.15, -0.1) is 0 Å². The number of halogens is 1. The molecule has 1 amide bonds. The molecular weight excluding hydrogens is 393 g/mol. The number of rotatable bonds is 4. The van der Waals surface area contributed by atoms with Gasteiger partial charge in [-0.25, -0.2) is 12.8 Å². The maximum Gasteiger partial charge on any atom is 0.290 e. The molecule has 5 nitrogen and oxygen atoms in total. The molecule has 2 aromatic carbocycles. The van der Waals surface area contributed by atoms with E-state index in [1.807, 2.05) is 25.1 Å². The zero-order valence-corrected chi connectivity index (χ0v) is 17.1. The molecule has 0 N–H and O–H groups in total. The molecular formula is C22H22FNO4S. The van der Waals surface area contributed by atoms with Crippen molar-refractivity contribution in [3.8, 4) is 0 Å². The first-order chi connectivity index (χ1) is 13.7. The fourth-order valence-corrected chi connectivity index (χ4v) is 5.60. The van der Waals surface area contributed by atoms with Crippen LogP contribution in [0, 0.1) is 19.7 Å². The molecule has 152 valence electrons. The molecule has 1 aliphatic rings. The molecule has 29 heavy (non-hydrogen) atoms. The fourth-order valence-electron chi connectivity index (χ4n) is 3.87. The molecule has 0 aliphatic carbocycles. The Kier molecular flexibility index (Phi) is 4.94. The Morgan fingerprint density at radius 2 is 1.97 bits per heavy atom. The Labute approximate surface area is 169 Å². The van der Waals surface area contributed by atoms with Crippen molar-refractivity contribution in [3.05, 3.63) is 70.7 Å². The van der Waals surface area contributed by atoms with Gasteiger partial charge >= 0.3 is 0 Å². The van der Waals surface area contributed by atoms with Crippen LogP contribution < -0.4 is 0 Å². The van der Waals surface area contributed by atoms with Gasteiger partial charge in [-0.1, -0.05) is 30.3 Å². The van der Waals surface area contributed by atoms with E-state index in [0.29, 0.717) is 23.1 Å². The number of nitrogens with zero attached hydrogens (tertiary/aromatic N) is 1. The van der Waals surface area contributed by atoms with E-state index < -0.39 is 27.6 Å². The summed E-state index contributed by atoms with van der Waals surface area (Å²) in [6, 6.07) is 11.4. The van der Waals surface area contributed by atoms with Crippen molar-refractivity contribution >= 4 is 26.7 Å². The van der Waals surface area contributed by atoms with Gasteiger partial charge in [-0.3, -0.25) is 4.79 Å². The second-order valence-corrected chi connectivity index (χ2v) is 9.87. The van der Waals surface area contributed by atoms with Gasteiger partial charge in [-0.05, 0) is 38.0 Å². The number of sulfone groups is 1. The molecule has 0 bridgehead atoms. The van der Waals surface area contributed by atoms with Crippen molar-refractivity contribution in [1.82, 2.24) is 4.90 Å². The molecule has 4 rings (SSSR count). The van der Waals surface area contributed by atoms with Gasteiger partial charge in [0.2, 0.25) is 0 Å². The van der Waals surface area contributed by atoms with Crippen molar-refractivity contribution in [3.63, 3.8) is 0 Å². The number of carbonyl (C=O) groups is 1. The third-order valence-electron chi connectivity index (χ3n) is 5.50. The number of benzene rings is 2. The van der Waals surface area contributed by atoms with Crippen molar-refractivity contribution in [2.24, 2.45) is 0 Å². The standard InChI is InChI=1S/C22H22FNO4S/c1-14-7-8-18-15(2)21(28-20(18)11-14)22(25)24(17-9-10-29(26,27)13-17)12-16-5-3-4-6-19(16)23/h3-8,11,17H,9-10,12-13H2,1-2H3/t17-/m1/s1. The van der Waals surface area contributed by atoms with Crippen LogP contribution in [-0.4, -0.2) is 36.8 Å². The smallest absolute Gasteiger partial charge is 0.290 e. The lowest BCUT2D eigenvalue weighted by molar-refractivity contribution is 0.0647. The van der Waals surface area contributed by atoms with E-state index in [1.165, 1.54) is 11.0 Å². The average Bonchev–Trinajstić information content (AvgIpc) is 3.19. The van der Waals surface area contributed by atoms with Crippen molar-refractivity contribution in [2.75, 3.05) is 11.5 Å². The minimum absolute atomic E-state index is 0.0127. The predicted molar refractivity (Wildman–Crippen MR) is 109 cm³/mol. The van der Waals surface area contributed by atoms with E-state index in [1.54, 1.807) is 25.1 Å². The molecule has 2 heterocycles. The highest BCUT2D eigenvalue weighted by Crippen LogP contribution is 2.30. The van der Waals surface area contributed by atoms with Crippen molar-refractivity contribution in [1.29, 1.82) is 0 Å². The highest BCUT2D eigenvalue weighted by molar-refractivity contribution is 7.91. The minimum Gasteiger partial charge on any atom is -0.451 e. The summed E-state index contributed by atoms with van der Waals surface area (Å²) >= 11 is 0. The van der Waals surface area contributed by atoms with Gasteiger partial charge < -0.3 is 9.32 Å². The second kappa shape index (κ2) is 7.30. The third kappa shape index (κ3) is 3.79. The van der Waals surface area contributed by atoms with Crippen LogP contribution in [0.15, 0.2) is 46.9 Å². The lowest BCUT2D eigenvalue weighted by Gasteiger charge is -2.28. The van der Waals surface area contributed by atoms with Crippen LogP contribution in [0.5, 0.6) is 0 Å². The van der Waals surface area contributed by atoms with Crippen LogP contribution in [-0.2, 0) is 16.4 Å². The maximum absolute atomic E-state index is 14.3. The number of hydrogen-bond donors (Lipinski definition) is 0. The summed E-state index contributed by atoms with van der Waals surface area (Å²) in [6.45, 7) is 3.73. The Morgan fingerprint density at radius 1 is 1.21 bits per heavy atom. The van der Waals surface area contributed by atoms with Crippen LogP contribution in [0.1, 0.15) is 33.7 Å². The number of hydrogen-bond acceptors (Lipinski definition) is 4. The summed E-state index contributed by atoms with van der Waals surface area (Å²) < 4.78 is 44.2. The van der Waals surface area contributed by atoms with Crippen LogP contribution in [0.2, 0.25) is 0 Å². The number of furan rings is 1. The Balaban J connectivity index is 1.75. The molecule has 1 saturated heterocycles. The second-order valence-electron chi connectivity index (χ2n) is 7.64. The molecule has 1 aromatic heterocycles. The van der Waals surface area contributed by atoms with E-state index in [-0.39, 0.29) is 23.8 Å². The molecule has 1 aliphatic heterocycles. The summed E-state index contributed by atoms with van der Waals surface area (Å²) in [4.78, 5) is 14.9. The summed E-state index contributed by atoms with van der Waals surface area (Å²) in [6.07, 6.45) is 0.334. The van der Waals surface area contributed by atoms with E-state index >= 15 is 0 Å². The minimum atomic E-state index is -3.22. The normalized spacial score (nSPS) is 18.2. The Morgan fingerprint density at radius 3 is 2.66 bits per heavy atom. The van der Waals surface area contributed by atoms with E-state index in [0.717, 1.165) is 10.9 Å². The van der Waals surface area contributed by atoms with Gasteiger partial charge in [-0.2, -0.15) is 0 Å². The largest absolute Gasteiger partial charge is 0.451 e. The first-order valence-corrected chi connectivity index (χ1v) is 11.3. The number of amides is 1. The molecule has 1 atom stereocenters. The quantitative estimate of drug-likeness (QED) is 0.646. The monoisotopic (exact) mass is 415 g/mol. The lowest BCUT2D eigenvalue weighted by Crippen LogP contribution is -2.41. The molecule has 0 saturated carbocycles. The van der Waals surface area contributed by atoms with Crippen LogP contribution in [0.4, 0.5) is 4.39 Å². The predicted octanol–water partition coefficient (Wildman–Crippen LogP) is 4.02. The zero-order chi connectivity index (χ0) is 20.8. The maximum atomic E-state index is 14.3. The molecule has 0 unspecified atom stereocenters. The summed E-state index contributed by atoms with van der Waals surface area (Å²) in [5.41, 5.74) is 2.66. The molecule has 1 fully saturated rings. The van der Waals surface area contributed by atoms with E-state index in [9.17, 15) is 17.6 Å². The summed E-state index contributed by atoms with van der Waals surface area (Å²) in [5, 5.41) is 0.837. The Bertz CT molecular complexity index is 1200. The molecule has 0 radical (unpaired) electrons. The fraction of sp³-hybridized carbons (Fsp3) is 0.318. The molecule has 3 aromatic rings. The highest BCUT2D eigenvalue weighted by Gasteiger charge is 2.37. The van der Waals surface area contributed by atoms with Gasteiger partial charge in [0, 0.05) is 29.1 Å². The lowest BCUT2D eigenvalue weighted by atomic mass is 10.1. The first-order valence-electron chi connectivity index (χ1n) is 9.50. The average molecular weight is 415 g/mol. The highest BCUT2D eigenvalue weighted by atomic mass is 32.2. The van der Waals surface area contributed by atoms with Crippen molar-refractivity contribution in [2.45, 2.75) is 32.9 Å². The van der Waals surface area contributed by atoms with Gasteiger partial charge in [0.1, 0.15) is 11.4 Å². The summed E-state index contributed by atoms with van der Waals surface area (Å²) in [5.74, 6) is -0.765. The third-order valence-corrected chi connectivity index (χ3v) is 7.25. The van der Waals surface area contributed by atoms with Crippen LogP contribution in [0.3, 0.4) is 0 Å². The van der Waals surface area contributed by atoms with E-state index in [2.05, 4.69) is 0 Å². The van der Waals surface area contributed by atoms with Crippen molar-refractivity contribution < 1.29 is 22.0 Å². The summed E-state index contributed by atoms with van der Waals surface area (Å²) in [7, 11) is -3.22. The van der Waals surface area contributed by atoms with Gasteiger partial charge in [0.05, 0.1) is 11.5 Å². The number of aryl methyl sites for hydroxylation is 2. The molecule has 0 spiro atoms.